The van der Waals surface area contributed by atoms with Crippen LogP contribution in [0.4, 0.5) is 11.5 Å². The van der Waals surface area contributed by atoms with Gasteiger partial charge in [0.15, 0.2) is 5.65 Å². The standard InChI is InChI=1S/C27H21BrClN5OS/c28-22-16-31-34-25(14-24(33-27(22)34)21-11-4-5-12-23(21)29)30-15-18-7-6-8-19(13-18)32-26(35)17-36-20-9-2-1-3-10-20/h1-14,16,30H,15,17H2,(H,32,35). The van der Waals surface area contributed by atoms with E-state index in [1.807, 2.05) is 84.9 Å². The molecule has 0 saturated carbocycles. The molecule has 6 nitrogen and oxygen atoms in total. The lowest BCUT2D eigenvalue weighted by Crippen LogP contribution is -2.14. The molecule has 0 aliphatic heterocycles. The first-order valence-corrected chi connectivity index (χ1v) is 13.3. The maximum Gasteiger partial charge on any atom is 0.234 e. The molecule has 0 saturated heterocycles. The number of benzene rings is 3. The summed E-state index contributed by atoms with van der Waals surface area (Å²) in [5.74, 6) is 1.07. The van der Waals surface area contributed by atoms with Crippen LogP contribution < -0.4 is 10.6 Å². The quantitative estimate of drug-likeness (QED) is 0.191. The molecule has 3 aromatic carbocycles. The van der Waals surface area contributed by atoms with E-state index in [1.165, 1.54) is 11.8 Å². The zero-order valence-electron chi connectivity index (χ0n) is 19.0. The normalized spacial score (nSPS) is 10.9. The van der Waals surface area contributed by atoms with Gasteiger partial charge in [-0.15, -0.1) is 11.8 Å². The van der Waals surface area contributed by atoms with Crippen LogP contribution in [-0.2, 0) is 11.3 Å². The van der Waals surface area contributed by atoms with Gasteiger partial charge >= 0.3 is 0 Å². The number of thioether (sulfide) groups is 1. The van der Waals surface area contributed by atoms with Crippen molar-refractivity contribution < 1.29 is 4.79 Å². The van der Waals surface area contributed by atoms with Gasteiger partial charge < -0.3 is 10.6 Å². The van der Waals surface area contributed by atoms with Gasteiger partial charge in [-0.25, -0.2) is 4.98 Å². The van der Waals surface area contributed by atoms with Crippen molar-refractivity contribution in [1.29, 1.82) is 0 Å². The van der Waals surface area contributed by atoms with Gasteiger partial charge in [0.05, 0.1) is 22.1 Å². The molecule has 9 heteroatoms. The summed E-state index contributed by atoms with van der Waals surface area (Å²) in [6.45, 7) is 0.529. The molecule has 0 aliphatic rings. The minimum Gasteiger partial charge on any atom is -0.366 e. The minimum atomic E-state index is -0.0458. The summed E-state index contributed by atoms with van der Waals surface area (Å²) < 4.78 is 2.54. The van der Waals surface area contributed by atoms with Crippen molar-refractivity contribution in [1.82, 2.24) is 14.6 Å². The van der Waals surface area contributed by atoms with Crippen LogP contribution in [0.3, 0.4) is 0 Å². The van der Waals surface area contributed by atoms with E-state index in [4.69, 9.17) is 16.6 Å². The summed E-state index contributed by atoms with van der Waals surface area (Å²) >= 11 is 11.5. The highest BCUT2D eigenvalue weighted by Gasteiger charge is 2.13. The number of nitrogens with one attached hydrogen (secondary N) is 2. The van der Waals surface area contributed by atoms with Gasteiger partial charge in [0.2, 0.25) is 5.91 Å². The second-order valence-corrected chi connectivity index (χ2v) is 10.2. The Kier molecular flexibility index (Phi) is 7.55. The van der Waals surface area contributed by atoms with Gasteiger partial charge in [0.1, 0.15) is 5.82 Å². The number of rotatable bonds is 8. The van der Waals surface area contributed by atoms with E-state index >= 15 is 0 Å². The topological polar surface area (TPSA) is 71.3 Å². The number of hydrogen-bond acceptors (Lipinski definition) is 5. The van der Waals surface area contributed by atoms with Crippen LogP contribution >= 0.6 is 39.3 Å². The number of fused-ring (bicyclic) bond motifs is 1. The van der Waals surface area contributed by atoms with Gasteiger partial charge in [-0.1, -0.05) is 60.1 Å². The van der Waals surface area contributed by atoms with Crippen molar-refractivity contribution in [3.8, 4) is 11.3 Å². The van der Waals surface area contributed by atoms with Crippen molar-refractivity contribution in [3.63, 3.8) is 0 Å². The number of hydrogen-bond donors (Lipinski definition) is 2. The fraction of sp³-hybridized carbons (Fsp3) is 0.0741. The third-order valence-electron chi connectivity index (χ3n) is 5.38. The number of carbonyl (C=O) groups excluding carboxylic acids is 1. The first-order valence-electron chi connectivity index (χ1n) is 11.2. The minimum absolute atomic E-state index is 0.0458. The van der Waals surface area contributed by atoms with Crippen LogP contribution in [0.1, 0.15) is 5.56 Å². The van der Waals surface area contributed by atoms with Gasteiger partial charge in [-0.3, -0.25) is 4.79 Å². The summed E-state index contributed by atoms with van der Waals surface area (Å²) in [4.78, 5) is 18.3. The molecule has 0 fully saturated rings. The lowest BCUT2D eigenvalue weighted by atomic mass is 10.1. The molecule has 2 N–H and O–H groups in total. The van der Waals surface area contributed by atoms with Crippen LogP contribution in [0.15, 0.2) is 100 Å². The molecular formula is C27H21BrClN5OS. The van der Waals surface area contributed by atoms with E-state index in [-0.39, 0.29) is 5.91 Å². The molecule has 0 spiro atoms. The number of anilines is 2. The van der Waals surface area contributed by atoms with Crippen molar-refractivity contribution in [2.45, 2.75) is 11.4 Å². The lowest BCUT2D eigenvalue weighted by Gasteiger charge is -2.12. The highest BCUT2D eigenvalue weighted by molar-refractivity contribution is 9.10. The number of aromatic nitrogens is 3. The maximum atomic E-state index is 12.4. The van der Waals surface area contributed by atoms with Crippen molar-refractivity contribution in [3.05, 3.63) is 106 Å². The first-order chi connectivity index (χ1) is 17.6. The van der Waals surface area contributed by atoms with Crippen molar-refractivity contribution >= 4 is 62.4 Å². The molecule has 5 aromatic rings. The van der Waals surface area contributed by atoms with E-state index in [2.05, 4.69) is 31.7 Å². The molecule has 0 atom stereocenters. The fourth-order valence-corrected chi connectivity index (χ4v) is 4.98. The molecular weight excluding hydrogens is 558 g/mol. The molecule has 36 heavy (non-hydrogen) atoms. The average Bonchev–Trinajstić information content (AvgIpc) is 3.28. The smallest absolute Gasteiger partial charge is 0.234 e. The predicted octanol–water partition coefficient (Wildman–Crippen LogP) is 7.16. The number of halogens is 2. The van der Waals surface area contributed by atoms with Gasteiger partial charge in [-0.05, 0) is 51.8 Å². The zero-order chi connectivity index (χ0) is 24.9. The highest BCUT2D eigenvalue weighted by Crippen LogP contribution is 2.30. The van der Waals surface area contributed by atoms with Crippen molar-refractivity contribution in [2.75, 3.05) is 16.4 Å². The largest absolute Gasteiger partial charge is 0.366 e. The van der Waals surface area contributed by atoms with Gasteiger partial charge in [0.25, 0.3) is 0 Å². The summed E-state index contributed by atoms with van der Waals surface area (Å²) in [6.07, 6.45) is 1.72. The Morgan fingerprint density at radius 1 is 1.00 bits per heavy atom. The molecule has 1 amide bonds. The Labute approximate surface area is 226 Å². The summed E-state index contributed by atoms with van der Waals surface area (Å²) in [5.41, 5.74) is 4.04. The van der Waals surface area contributed by atoms with Gasteiger partial charge in [-0.2, -0.15) is 9.61 Å². The van der Waals surface area contributed by atoms with E-state index in [9.17, 15) is 4.79 Å². The summed E-state index contributed by atoms with van der Waals surface area (Å²) in [7, 11) is 0. The van der Waals surface area contributed by atoms with Gasteiger partial charge in [0, 0.05) is 33.8 Å². The predicted molar refractivity (Wildman–Crippen MR) is 151 cm³/mol. The molecule has 0 radical (unpaired) electrons. The molecule has 0 aliphatic carbocycles. The average molecular weight is 579 g/mol. The molecule has 180 valence electrons. The first kappa shape index (κ1) is 24.4. The highest BCUT2D eigenvalue weighted by atomic mass is 79.9. The van der Waals surface area contributed by atoms with Crippen LogP contribution in [0, 0.1) is 0 Å². The monoisotopic (exact) mass is 577 g/mol. The Morgan fingerprint density at radius 2 is 1.81 bits per heavy atom. The zero-order valence-corrected chi connectivity index (χ0v) is 22.1. The number of carbonyl (C=O) groups is 1. The van der Waals surface area contributed by atoms with Crippen molar-refractivity contribution in [2.24, 2.45) is 0 Å². The Bertz CT molecular complexity index is 1530. The number of amides is 1. The summed E-state index contributed by atoms with van der Waals surface area (Å²) in [5, 5.41) is 11.5. The Morgan fingerprint density at radius 3 is 2.64 bits per heavy atom. The van der Waals surface area contributed by atoms with E-state index in [0.717, 1.165) is 37.7 Å². The molecule has 5 rings (SSSR count). The lowest BCUT2D eigenvalue weighted by molar-refractivity contribution is -0.113. The second kappa shape index (κ2) is 11.2. The SMILES string of the molecule is O=C(CSc1ccccc1)Nc1cccc(CNc2cc(-c3ccccc3Cl)nc3c(Br)cnn23)c1. The third-order valence-corrected chi connectivity index (χ3v) is 7.28. The van der Waals surface area contributed by atoms with Crippen LogP contribution in [0.2, 0.25) is 5.02 Å². The van der Waals surface area contributed by atoms with Crippen LogP contribution in [-0.4, -0.2) is 26.3 Å². The van der Waals surface area contributed by atoms with E-state index < -0.39 is 0 Å². The van der Waals surface area contributed by atoms with E-state index in [1.54, 1.807) is 10.7 Å². The third kappa shape index (κ3) is 5.73. The molecule has 0 bridgehead atoms. The van der Waals surface area contributed by atoms with E-state index in [0.29, 0.717) is 23.0 Å². The Hall–Kier alpha value is -3.33. The van der Waals surface area contributed by atoms with Crippen LogP contribution in [0.5, 0.6) is 0 Å². The molecule has 2 heterocycles. The number of nitrogens with zero attached hydrogens (tertiary/aromatic N) is 3. The molecule has 2 aromatic heterocycles. The van der Waals surface area contributed by atoms with Crippen LogP contribution in [0.25, 0.3) is 16.9 Å². The molecule has 0 unspecified atom stereocenters. The Balaban J connectivity index is 1.30. The summed E-state index contributed by atoms with van der Waals surface area (Å²) in [6, 6.07) is 27.2. The fourth-order valence-electron chi connectivity index (χ4n) is 3.68. The maximum absolute atomic E-state index is 12.4. The second-order valence-electron chi connectivity index (χ2n) is 7.94.